The fraction of sp³-hybridized carbons (Fsp3) is 0.167. The number of thioether (sulfide) groups is 1. The highest BCUT2D eigenvalue weighted by atomic mass is 35.5. The van der Waals surface area contributed by atoms with Crippen molar-refractivity contribution in [2.24, 2.45) is 0 Å². The van der Waals surface area contributed by atoms with Gasteiger partial charge in [0, 0.05) is 27.1 Å². The molecular formula is C24H19Cl2FN2O2S. The van der Waals surface area contributed by atoms with Crippen molar-refractivity contribution in [2.75, 3.05) is 0 Å². The van der Waals surface area contributed by atoms with Gasteiger partial charge in [-0.05, 0) is 85.6 Å². The smallest absolute Gasteiger partial charge is 0.293 e. The number of aromatic nitrogens is 1. The first-order valence-corrected chi connectivity index (χ1v) is 11.4. The van der Waals surface area contributed by atoms with Crippen LogP contribution >= 0.6 is 35.0 Å². The zero-order valence-electron chi connectivity index (χ0n) is 17.6. The highest BCUT2D eigenvalue weighted by Crippen LogP contribution is 2.35. The lowest BCUT2D eigenvalue weighted by molar-refractivity contribution is -0.123. The SMILES string of the molecule is Cc1ccc(-n2c(C)cc(/C=C3\SC(=O)N(Cc4ccc(F)cc4Cl)C3=O)c2C)cc1Cl. The van der Waals surface area contributed by atoms with Crippen LogP contribution in [0.3, 0.4) is 0 Å². The summed E-state index contributed by atoms with van der Waals surface area (Å²) in [6.07, 6.45) is 1.73. The summed E-state index contributed by atoms with van der Waals surface area (Å²) in [6.45, 7) is 5.86. The second-order valence-electron chi connectivity index (χ2n) is 7.60. The highest BCUT2D eigenvalue weighted by Gasteiger charge is 2.35. The number of rotatable bonds is 4. The molecule has 32 heavy (non-hydrogen) atoms. The van der Waals surface area contributed by atoms with Crippen LogP contribution in [0.4, 0.5) is 9.18 Å². The molecule has 2 heterocycles. The van der Waals surface area contributed by atoms with Crippen molar-refractivity contribution in [3.8, 4) is 5.69 Å². The zero-order valence-corrected chi connectivity index (χ0v) is 19.9. The van der Waals surface area contributed by atoms with Crippen molar-refractivity contribution in [2.45, 2.75) is 27.3 Å². The number of carbonyl (C=O) groups excluding carboxylic acids is 2. The molecule has 4 rings (SSSR count). The van der Waals surface area contributed by atoms with E-state index in [1.165, 1.54) is 12.1 Å². The Kier molecular flexibility index (Phi) is 6.21. The summed E-state index contributed by atoms with van der Waals surface area (Å²) >= 11 is 13.3. The molecule has 0 N–H and O–H groups in total. The summed E-state index contributed by atoms with van der Waals surface area (Å²) in [6, 6.07) is 11.7. The molecule has 0 saturated carbocycles. The molecule has 164 valence electrons. The van der Waals surface area contributed by atoms with E-state index in [1.807, 2.05) is 45.0 Å². The maximum atomic E-state index is 13.3. The van der Waals surface area contributed by atoms with E-state index in [2.05, 4.69) is 4.57 Å². The molecule has 0 bridgehead atoms. The van der Waals surface area contributed by atoms with Crippen LogP contribution in [-0.2, 0) is 11.3 Å². The van der Waals surface area contributed by atoms with Crippen LogP contribution in [-0.4, -0.2) is 20.6 Å². The summed E-state index contributed by atoms with van der Waals surface area (Å²) in [5, 5.41) is 0.464. The third kappa shape index (κ3) is 4.22. The Balaban J connectivity index is 1.64. The Bertz CT molecular complexity index is 1300. The van der Waals surface area contributed by atoms with Crippen molar-refractivity contribution >= 4 is 52.2 Å². The number of halogens is 3. The summed E-state index contributed by atoms with van der Waals surface area (Å²) in [7, 11) is 0. The number of carbonyl (C=O) groups is 2. The molecule has 2 amide bonds. The number of amides is 2. The van der Waals surface area contributed by atoms with Gasteiger partial charge < -0.3 is 4.57 Å². The number of hydrogen-bond donors (Lipinski definition) is 0. The third-order valence-corrected chi connectivity index (χ3v) is 7.05. The lowest BCUT2D eigenvalue weighted by Crippen LogP contribution is -2.27. The number of imide groups is 1. The van der Waals surface area contributed by atoms with Gasteiger partial charge >= 0.3 is 0 Å². The van der Waals surface area contributed by atoms with Crippen molar-refractivity contribution in [3.05, 3.63) is 91.3 Å². The molecule has 0 spiro atoms. The number of aryl methyl sites for hydroxylation is 2. The maximum Gasteiger partial charge on any atom is 0.293 e. The second-order valence-corrected chi connectivity index (χ2v) is 9.41. The van der Waals surface area contributed by atoms with Gasteiger partial charge in [0.25, 0.3) is 11.1 Å². The molecular weight excluding hydrogens is 470 g/mol. The van der Waals surface area contributed by atoms with E-state index in [0.717, 1.165) is 50.9 Å². The van der Waals surface area contributed by atoms with Crippen molar-refractivity contribution in [3.63, 3.8) is 0 Å². The minimum Gasteiger partial charge on any atom is -0.318 e. The summed E-state index contributed by atoms with van der Waals surface area (Å²) < 4.78 is 15.4. The predicted molar refractivity (Wildman–Crippen MR) is 128 cm³/mol. The molecule has 1 aliphatic heterocycles. The normalized spacial score (nSPS) is 15.3. The minimum atomic E-state index is -0.474. The van der Waals surface area contributed by atoms with Gasteiger partial charge in [-0.3, -0.25) is 14.5 Å². The lowest BCUT2D eigenvalue weighted by atomic mass is 10.2. The first kappa shape index (κ1) is 22.6. The summed E-state index contributed by atoms with van der Waals surface area (Å²) in [5.41, 5.74) is 5.17. The Labute approximate surface area is 199 Å². The molecule has 0 atom stereocenters. The summed E-state index contributed by atoms with van der Waals surface area (Å²) in [4.78, 5) is 26.9. The molecule has 0 unspecified atom stereocenters. The molecule has 1 saturated heterocycles. The maximum absolute atomic E-state index is 13.3. The molecule has 0 aliphatic carbocycles. The van der Waals surface area contributed by atoms with Crippen LogP contribution in [0.25, 0.3) is 11.8 Å². The predicted octanol–water partition coefficient (Wildman–Crippen LogP) is 7.08. The minimum absolute atomic E-state index is 0.0119. The van der Waals surface area contributed by atoms with Crippen LogP contribution in [0, 0.1) is 26.6 Å². The Morgan fingerprint density at radius 2 is 1.75 bits per heavy atom. The lowest BCUT2D eigenvalue weighted by Gasteiger charge is -2.13. The highest BCUT2D eigenvalue weighted by molar-refractivity contribution is 8.18. The fourth-order valence-electron chi connectivity index (χ4n) is 3.65. The van der Waals surface area contributed by atoms with Gasteiger partial charge in [0.1, 0.15) is 5.82 Å². The molecule has 1 aromatic heterocycles. The van der Waals surface area contributed by atoms with Gasteiger partial charge in [0.05, 0.1) is 11.4 Å². The molecule has 3 aromatic rings. The Morgan fingerprint density at radius 1 is 1.00 bits per heavy atom. The number of hydrogen-bond acceptors (Lipinski definition) is 3. The van der Waals surface area contributed by atoms with Gasteiger partial charge in [-0.25, -0.2) is 4.39 Å². The van der Waals surface area contributed by atoms with E-state index in [1.54, 1.807) is 6.08 Å². The monoisotopic (exact) mass is 488 g/mol. The first-order valence-electron chi connectivity index (χ1n) is 9.80. The van der Waals surface area contributed by atoms with Crippen LogP contribution in [0.1, 0.15) is 28.1 Å². The summed E-state index contributed by atoms with van der Waals surface area (Å²) in [5.74, 6) is -0.874. The van der Waals surface area contributed by atoms with Gasteiger partial charge in [0.15, 0.2) is 0 Å². The van der Waals surface area contributed by atoms with Gasteiger partial charge in [0.2, 0.25) is 0 Å². The largest absolute Gasteiger partial charge is 0.318 e. The molecule has 8 heteroatoms. The van der Waals surface area contributed by atoms with Gasteiger partial charge in [-0.15, -0.1) is 0 Å². The quantitative estimate of drug-likeness (QED) is 0.368. The fourth-order valence-corrected chi connectivity index (χ4v) is 4.88. The Morgan fingerprint density at radius 3 is 2.44 bits per heavy atom. The molecule has 0 radical (unpaired) electrons. The molecule has 1 fully saturated rings. The molecule has 2 aromatic carbocycles. The van der Waals surface area contributed by atoms with E-state index in [0.29, 0.717) is 15.5 Å². The Hall–Kier alpha value is -2.54. The van der Waals surface area contributed by atoms with E-state index in [9.17, 15) is 14.0 Å². The van der Waals surface area contributed by atoms with Gasteiger partial charge in [-0.2, -0.15) is 0 Å². The average Bonchev–Trinajstić information content (AvgIpc) is 3.15. The topological polar surface area (TPSA) is 42.3 Å². The molecule has 4 nitrogen and oxygen atoms in total. The van der Waals surface area contributed by atoms with E-state index >= 15 is 0 Å². The van der Waals surface area contributed by atoms with Crippen LogP contribution in [0.2, 0.25) is 10.0 Å². The second kappa shape index (κ2) is 8.77. The number of nitrogens with zero attached hydrogens (tertiary/aromatic N) is 2. The van der Waals surface area contributed by atoms with Crippen molar-refractivity contribution in [1.29, 1.82) is 0 Å². The van der Waals surface area contributed by atoms with E-state index in [4.69, 9.17) is 23.2 Å². The zero-order chi connectivity index (χ0) is 23.2. The first-order chi connectivity index (χ1) is 15.2. The van der Waals surface area contributed by atoms with Crippen LogP contribution in [0.15, 0.2) is 47.4 Å². The van der Waals surface area contributed by atoms with Gasteiger partial charge in [-0.1, -0.05) is 35.3 Å². The molecule has 1 aliphatic rings. The standard InChI is InChI=1S/C24H19Cl2FN2O2S/c1-13-4-7-19(11-20(13)25)29-14(2)8-17(15(29)3)9-22-23(30)28(24(31)32-22)12-16-5-6-18(27)10-21(16)26/h4-11H,12H2,1-3H3/b22-9-. The average molecular weight is 489 g/mol. The van der Waals surface area contributed by atoms with Crippen molar-refractivity contribution < 1.29 is 14.0 Å². The van der Waals surface area contributed by atoms with Crippen LogP contribution < -0.4 is 0 Å². The number of benzene rings is 2. The third-order valence-electron chi connectivity index (χ3n) is 5.39. The van der Waals surface area contributed by atoms with Crippen LogP contribution in [0.5, 0.6) is 0 Å². The van der Waals surface area contributed by atoms with E-state index in [-0.39, 0.29) is 16.8 Å². The van der Waals surface area contributed by atoms with E-state index < -0.39 is 11.7 Å². The van der Waals surface area contributed by atoms with Crippen molar-refractivity contribution in [1.82, 2.24) is 9.47 Å².